The third-order valence-electron chi connectivity index (χ3n) is 3.61. The Balaban J connectivity index is 2.07. The van der Waals surface area contributed by atoms with Crippen LogP contribution >= 0.6 is 0 Å². The van der Waals surface area contributed by atoms with Gasteiger partial charge in [-0.2, -0.15) is 5.10 Å². The number of morpholine rings is 1. The first kappa shape index (κ1) is 15.0. The predicted octanol–water partition coefficient (Wildman–Crippen LogP) is 0.468. The molecule has 1 saturated heterocycles. The summed E-state index contributed by atoms with van der Waals surface area (Å²) < 4.78 is 6.86. The molecule has 1 atom stereocenters. The van der Waals surface area contributed by atoms with Gasteiger partial charge in [-0.05, 0) is 13.0 Å². The largest absolute Gasteiger partial charge is 0.378 e. The van der Waals surface area contributed by atoms with E-state index >= 15 is 0 Å². The molecule has 0 saturated carbocycles. The number of nitrogens with one attached hydrogen (secondary N) is 1. The average molecular weight is 280 g/mol. The fraction of sp³-hybridized carbons (Fsp3) is 0.714. The van der Waals surface area contributed by atoms with Crippen molar-refractivity contribution < 1.29 is 4.74 Å². The molecule has 1 fully saturated rings. The van der Waals surface area contributed by atoms with Crippen molar-refractivity contribution in [3.8, 4) is 0 Å². The molecule has 1 aliphatic rings. The minimum Gasteiger partial charge on any atom is -0.378 e. The third-order valence-corrected chi connectivity index (χ3v) is 3.61. The molecular weight excluding hydrogens is 256 g/mol. The van der Waals surface area contributed by atoms with E-state index in [0.717, 1.165) is 31.7 Å². The van der Waals surface area contributed by atoms with Crippen molar-refractivity contribution in [3.05, 3.63) is 22.6 Å². The van der Waals surface area contributed by atoms with Crippen LogP contribution in [0.3, 0.4) is 0 Å². The van der Waals surface area contributed by atoms with Crippen molar-refractivity contribution in [2.24, 2.45) is 0 Å². The highest BCUT2D eigenvalue weighted by Crippen LogP contribution is 2.11. The van der Waals surface area contributed by atoms with Gasteiger partial charge in [0.2, 0.25) is 0 Å². The Labute approximate surface area is 119 Å². The van der Waals surface area contributed by atoms with Crippen LogP contribution < -0.4 is 15.8 Å². The zero-order valence-electron chi connectivity index (χ0n) is 12.3. The lowest BCUT2D eigenvalue weighted by Gasteiger charge is -2.28. The van der Waals surface area contributed by atoms with Gasteiger partial charge in [0.15, 0.2) is 0 Å². The zero-order chi connectivity index (χ0) is 14.4. The Kier molecular flexibility index (Phi) is 5.55. The van der Waals surface area contributed by atoms with E-state index in [9.17, 15) is 4.79 Å². The van der Waals surface area contributed by atoms with Crippen LogP contribution in [0.5, 0.6) is 0 Å². The van der Waals surface area contributed by atoms with Crippen molar-refractivity contribution in [1.82, 2.24) is 15.1 Å². The summed E-state index contributed by atoms with van der Waals surface area (Å²) in [4.78, 5) is 14.3. The van der Waals surface area contributed by atoms with Gasteiger partial charge in [0.05, 0.1) is 31.6 Å². The minimum atomic E-state index is -0.0367. The van der Waals surface area contributed by atoms with E-state index in [1.54, 1.807) is 16.9 Å². The smallest absolute Gasteiger partial charge is 0.268 e. The first-order valence-corrected chi connectivity index (χ1v) is 7.37. The molecule has 0 radical (unpaired) electrons. The van der Waals surface area contributed by atoms with Crippen molar-refractivity contribution in [1.29, 1.82) is 0 Å². The summed E-state index contributed by atoms with van der Waals surface area (Å²) in [5.74, 6) is 0. The van der Waals surface area contributed by atoms with Crippen LogP contribution in [-0.2, 0) is 11.3 Å². The van der Waals surface area contributed by atoms with Crippen LogP contribution in [0.1, 0.15) is 20.3 Å². The SMILES string of the molecule is CCNC(CC)Cn1ncc(N2CCOCC2)cc1=O. The molecule has 1 aromatic rings. The van der Waals surface area contributed by atoms with Gasteiger partial charge in [-0.15, -0.1) is 0 Å². The lowest BCUT2D eigenvalue weighted by molar-refractivity contribution is 0.122. The van der Waals surface area contributed by atoms with Crippen LogP contribution in [0.25, 0.3) is 0 Å². The monoisotopic (exact) mass is 280 g/mol. The van der Waals surface area contributed by atoms with Gasteiger partial charge in [-0.1, -0.05) is 13.8 Å². The Hall–Kier alpha value is -1.40. The third kappa shape index (κ3) is 3.80. The van der Waals surface area contributed by atoms with Gasteiger partial charge in [0.1, 0.15) is 0 Å². The summed E-state index contributed by atoms with van der Waals surface area (Å²) in [7, 11) is 0. The van der Waals surface area contributed by atoms with Gasteiger partial charge in [-0.25, -0.2) is 4.68 Å². The summed E-state index contributed by atoms with van der Waals surface area (Å²) in [5.41, 5.74) is 0.858. The number of ether oxygens (including phenoxy) is 1. The Morgan fingerprint density at radius 3 is 2.75 bits per heavy atom. The van der Waals surface area contributed by atoms with Crippen LogP contribution in [0.2, 0.25) is 0 Å². The summed E-state index contributed by atoms with van der Waals surface area (Å²) >= 11 is 0. The number of likely N-dealkylation sites (N-methyl/N-ethyl adjacent to an activating group) is 1. The minimum absolute atomic E-state index is 0.0367. The highest BCUT2D eigenvalue weighted by atomic mass is 16.5. The van der Waals surface area contributed by atoms with Crippen LogP contribution in [-0.4, -0.2) is 48.7 Å². The van der Waals surface area contributed by atoms with Gasteiger partial charge < -0.3 is 15.0 Å². The Morgan fingerprint density at radius 1 is 1.40 bits per heavy atom. The van der Waals surface area contributed by atoms with E-state index in [0.29, 0.717) is 25.8 Å². The highest BCUT2D eigenvalue weighted by molar-refractivity contribution is 5.43. The summed E-state index contributed by atoms with van der Waals surface area (Å²) in [6.45, 7) is 8.76. The molecule has 0 bridgehead atoms. The van der Waals surface area contributed by atoms with Crippen molar-refractivity contribution in [2.75, 3.05) is 37.7 Å². The van der Waals surface area contributed by atoms with E-state index in [2.05, 4.69) is 29.2 Å². The Bertz CT molecular complexity index is 468. The van der Waals surface area contributed by atoms with Crippen molar-refractivity contribution >= 4 is 5.69 Å². The fourth-order valence-electron chi connectivity index (χ4n) is 2.39. The standard InChI is InChI=1S/C14H24N4O2/c1-3-12(15-4-2)11-18-14(19)9-13(10-16-18)17-5-7-20-8-6-17/h9-10,12,15H,3-8,11H2,1-2H3. The molecule has 1 aromatic heterocycles. The predicted molar refractivity (Wildman–Crippen MR) is 79.3 cm³/mol. The van der Waals surface area contributed by atoms with Gasteiger partial charge in [0.25, 0.3) is 5.56 Å². The summed E-state index contributed by atoms with van der Waals surface area (Å²) in [6.07, 6.45) is 2.76. The summed E-state index contributed by atoms with van der Waals surface area (Å²) in [5, 5.41) is 7.66. The first-order valence-electron chi connectivity index (χ1n) is 7.37. The van der Waals surface area contributed by atoms with Crippen molar-refractivity contribution in [2.45, 2.75) is 32.9 Å². The second kappa shape index (κ2) is 7.40. The average Bonchev–Trinajstić information content (AvgIpc) is 2.49. The molecule has 2 rings (SSSR count). The topological polar surface area (TPSA) is 59.4 Å². The molecule has 6 nitrogen and oxygen atoms in total. The maximum Gasteiger partial charge on any atom is 0.268 e. The quantitative estimate of drug-likeness (QED) is 0.821. The van der Waals surface area contributed by atoms with Crippen LogP contribution in [0, 0.1) is 0 Å². The van der Waals surface area contributed by atoms with E-state index in [4.69, 9.17) is 4.74 Å². The maximum absolute atomic E-state index is 12.2. The molecule has 1 unspecified atom stereocenters. The highest BCUT2D eigenvalue weighted by Gasteiger charge is 2.13. The lowest BCUT2D eigenvalue weighted by atomic mass is 10.2. The molecule has 112 valence electrons. The van der Waals surface area contributed by atoms with Gasteiger partial charge in [0, 0.05) is 25.2 Å². The van der Waals surface area contributed by atoms with E-state index in [1.807, 2.05) is 0 Å². The van der Waals surface area contributed by atoms with E-state index in [1.165, 1.54) is 0 Å². The molecule has 6 heteroatoms. The second-order valence-corrected chi connectivity index (χ2v) is 5.00. The molecule has 0 aromatic carbocycles. The normalized spacial score (nSPS) is 17.2. The molecular formula is C14H24N4O2. The molecule has 0 amide bonds. The van der Waals surface area contributed by atoms with E-state index < -0.39 is 0 Å². The number of aromatic nitrogens is 2. The number of nitrogens with zero attached hydrogens (tertiary/aromatic N) is 3. The van der Waals surface area contributed by atoms with Crippen LogP contribution in [0.4, 0.5) is 5.69 Å². The second-order valence-electron chi connectivity index (χ2n) is 5.00. The first-order chi connectivity index (χ1) is 9.74. The Morgan fingerprint density at radius 2 is 2.15 bits per heavy atom. The van der Waals surface area contributed by atoms with Crippen LogP contribution in [0.15, 0.2) is 17.1 Å². The number of hydrogen-bond acceptors (Lipinski definition) is 5. The molecule has 20 heavy (non-hydrogen) atoms. The fourth-order valence-corrected chi connectivity index (χ4v) is 2.39. The van der Waals surface area contributed by atoms with Gasteiger partial charge in [-0.3, -0.25) is 4.79 Å². The maximum atomic E-state index is 12.2. The lowest BCUT2D eigenvalue weighted by Crippen LogP contribution is -2.39. The zero-order valence-corrected chi connectivity index (χ0v) is 12.3. The molecule has 0 aliphatic carbocycles. The molecule has 1 aliphatic heterocycles. The number of rotatable bonds is 6. The molecule has 2 heterocycles. The molecule has 1 N–H and O–H groups in total. The number of hydrogen-bond donors (Lipinski definition) is 1. The van der Waals surface area contributed by atoms with Gasteiger partial charge >= 0.3 is 0 Å². The van der Waals surface area contributed by atoms with E-state index in [-0.39, 0.29) is 5.56 Å². The number of anilines is 1. The molecule has 0 spiro atoms. The summed E-state index contributed by atoms with van der Waals surface area (Å²) in [6, 6.07) is 1.97. The van der Waals surface area contributed by atoms with Crippen molar-refractivity contribution in [3.63, 3.8) is 0 Å².